The largest absolute Gasteiger partial charge is 0.309 e. The molecule has 0 atom stereocenters. The Morgan fingerprint density at radius 1 is 0.333 bits per heavy atom. The van der Waals surface area contributed by atoms with Crippen molar-refractivity contribution in [2.75, 3.05) is 0 Å². The quantitative estimate of drug-likeness (QED) is 0.217. The van der Waals surface area contributed by atoms with Crippen molar-refractivity contribution in [2.24, 2.45) is 0 Å². The summed E-state index contributed by atoms with van der Waals surface area (Å²) >= 11 is 1.88. The van der Waals surface area contributed by atoms with E-state index >= 15 is 0 Å². The number of benzene rings is 6. The summed E-state index contributed by atoms with van der Waals surface area (Å²) in [5.74, 6) is 0. The van der Waals surface area contributed by atoms with Gasteiger partial charge >= 0.3 is 0 Å². The minimum Gasteiger partial charge on any atom is -0.309 e. The highest BCUT2D eigenvalue weighted by atomic mass is 32.1. The smallest absolute Gasteiger partial charge is 0.0541 e. The van der Waals surface area contributed by atoms with Crippen LogP contribution in [0.25, 0.3) is 75.2 Å². The monoisotopic (exact) mass is 514 g/mol. The van der Waals surface area contributed by atoms with Crippen LogP contribution in [-0.4, -0.2) is 9.13 Å². The first-order valence-corrected chi connectivity index (χ1v) is 14.1. The van der Waals surface area contributed by atoms with Crippen LogP contribution in [0.2, 0.25) is 0 Å². The molecule has 3 heterocycles. The first-order chi connectivity index (χ1) is 19.3. The minimum atomic E-state index is 1.20. The summed E-state index contributed by atoms with van der Waals surface area (Å²) in [4.78, 5) is 0. The van der Waals surface area contributed by atoms with Gasteiger partial charge in [-0.05, 0) is 48.5 Å². The Morgan fingerprint density at radius 3 is 1.03 bits per heavy atom. The van der Waals surface area contributed by atoms with Crippen molar-refractivity contribution in [1.82, 2.24) is 9.13 Å². The number of aromatic nitrogens is 2. The topological polar surface area (TPSA) is 9.86 Å². The van der Waals surface area contributed by atoms with Gasteiger partial charge in [0.05, 0.1) is 22.1 Å². The van der Waals surface area contributed by atoms with Gasteiger partial charge in [0.2, 0.25) is 0 Å². The molecule has 3 heteroatoms. The van der Waals surface area contributed by atoms with Gasteiger partial charge in [-0.15, -0.1) is 11.3 Å². The third-order valence-corrected chi connectivity index (χ3v) is 9.23. The van der Waals surface area contributed by atoms with Gasteiger partial charge in [-0.25, -0.2) is 0 Å². The molecular weight excluding hydrogens is 492 g/mol. The lowest BCUT2D eigenvalue weighted by molar-refractivity contribution is 1.19. The lowest BCUT2D eigenvalue weighted by Crippen LogP contribution is -1.93. The lowest BCUT2D eigenvalue weighted by atomic mass is 10.1. The molecule has 0 aliphatic carbocycles. The summed E-state index contributed by atoms with van der Waals surface area (Å²) in [7, 11) is 0. The standard InChI is InChI=1S/C36H22N2S/c1-5-13-31-25(9-1)26-10-2-6-14-32(26)37(31)23-17-19-29-30-20-18-24(22-36(30)39-35(29)21-23)38-33-15-7-3-11-27(33)28-12-4-8-16-34(28)38/h1-22H. The molecule has 0 saturated carbocycles. The average Bonchev–Trinajstić information content (AvgIpc) is 3.64. The number of nitrogens with zero attached hydrogens (tertiary/aromatic N) is 2. The van der Waals surface area contributed by atoms with E-state index in [-0.39, 0.29) is 0 Å². The van der Waals surface area contributed by atoms with Crippen molar-refractivity contribution in [2.45, 2.75) is 0 Å². The lowest BCUT2D eigenvalue weighted by Gasteiger charge is -2.08. The van der Waals surface area contributed by atoms with Crippen molar-refractivity contribution in [1.29, 1.82) is 0 Å². The molecule has 0 aliphatic heterocycles. The third-order valence-electron chi connectivity index (χ3n) is 8.12. The van der Waals surface area contributed by atoms with Crippen LogP contribution in [-0.2, 0) is 0 Å². The van der Waals surface area contributed by atoms with E-state index in [1.807, 2.05) is 11.3 Å². The van der Waals surface area contributed by atoms with Crippen molar-refractivity contribution < 1.29 is 0 Å². The van der Waals surface area contributed by atoms with Crippen LogP contribution in [0.4, 0.5) is 0 Å². The zero-order valence-corrected chi connectivity index (χ0v) is 21.8. The molecule has 9 rings (SSSR count). The second kappa shape index (κ2) is 7.83. The van der Waals surface area contributed by atoms with Crippen molar-refractivity contribution in [3.63, 3.8) is 0 Å². The molecule has 2 nitrogen and oxygen atoms in total. The van der Waals surface area contributed by atoms with Crippen molar-refractivity contribution in [3.05, 3.63) is 133 Å². The van der Waals surface area contributed by atoms with Crippen LogP contribution < -0.4 is 0 Å². The number of thiophene rings is 1. The normalized spacial score (nSPS) is 12.1. The first-order valence-electron chi connectivity index (χ1n) is 13.3. The second-order valence-electron chi connectivity index (χ2n) is 10.2. The zero-order chi connectivity index (χ0) is 25.5. The van der Waals surface area contributed by atoms with Crippen LogP contribution in [0.3, 0.4) is 0 Å². The fourth-order valence-corrected chi connectivity index (χ4v) is 7.61. The summed E-state index contributed by atoms with van der Waals surface area (Å²) < 4.78 is 7.42. The summed E-state index contributed by atoms with van der Waals surface area (Å²) in [5, 5.41) is 7.79. The fraction of sp³-hybridized carbons (Fsp3) is 0. The highest BCUT2D eigenvalue weighted by molar-refractivity contribution is 7.25. The number of hydrogen-bond donors (Lipinski definition) is 0. The Hall–Kier alpha value is -4.86. The van der Waals surface area contributed by atoms with Gasteiger partial charge in [-0.2, -0.15) is 0 Å². The average molecular weight is 515 g/mol. The molecule has 6 aromatic carbocycles. The van der Waals surface area contributed by atoms with E-state index in [4.69, 9.17) is 0 Å². The van der Waals surface area contributed by atoms with E-state index in [1.165, 1.54) is 75.2 Å². The van der Waals surface area contributed by atoms with Gasteiger partial charge in [-0.3, -0.25) is 0 Å². The predicted molar refractivity (Wildman–Crippen MR) is 168 cm³/mol. The van der Waals surface area contributed by atoms with Crippen LogP contribution in [0.5, 0.6) is 0 Å². The molecule has 0 bridgehead atoms. The van der Waals surface area contributed by atoms with Crippen molar-refractivity contribution in [3.8, 4) is 11.4 Å². The molecule has 0 amide bonds. The van der Waals surface area contributed by atoms with Gasteiger partial charge in [0.15, 0.2) is 0 Å². The number of hydrogen-bond acceptors (Lipinski definition) is 1. The second-order valence-corrected chi connectivity index (χ2v) is 11.3. The molecule has 0 N–H and O–H groups in total. The fourth-order valence-electron chi connectivity index (χ4n) is 6.43. The van der Waals surface area contributed by atoms with Gasteiger partial charge in [0.1, 0.15) is 0 Å². The Bertz CT molecular complexity index is 2120. The predicted octanol–water partition coefficient (Wildman–Crippen LogP) is 10.2. The maximum Gasteiger partial charge on any atom is 0.0541 e. The molecule has 0 spiro atoms. The van der Waals surface area contributed by atoms with Crippen LogP contribution in [0, 0.1) is 0 Å². The number of fused-ring (bicyclic) bond motifs is 9. The molecule has 0 aliphatic rings. The Labute approximate surface area is 228 Å². The van der Waals surface area contributed by atoms with Gasteiger partial charge in [0, 0.05) is 53.1 Å². The zero-order valence-electron chi connectivity index (χ0n) is 21.0. The summed E-state index contributed by atoms with van der Waals surface area (Å²) in [6, 6.07) is 48.7. The van der Waals surface area contributed by atoms with Crippen LogP contribution >= 0.6 is 11.3 Å². The number of rotatable bonds is 2. The van der Waals surface area contributed by atoms with E-state index < -0.39 is 0 Å². The van der Waals surface area contributed by atoms with Gasteiger partial charge in [0.25, 0.3) is 0 Å². The minimum absolute atomic E-state index is 1.20. The van der Waals surface area contributed by atoms with Gasteiger partial charge in [-0.1, -0.05) is 84.9 Å². The molecule has 0 fully saturated rings. The highest BCUT2D eigenvalue weighted by Gasteiger charge is 2.15. The summed E-state index contributed by atoms with van der Waals surface area (Å²) in [6.07, 6.45) is 0. The SMILES string of the molecule is c1ccc2c(c1)c1ccccc1n2-c1ccc2c(c1)sc1cc(-n3c4ccccc4c4ccccc43)ccc12. The molecule has 0 radical (unpaired) electrons. The van der Waals surface area contributed by atoms with Crippen molar-refractivity contribution >= 4 is 75.1 Å². The van der Waals surface area contributed by atoms with E-state index in [0.717, 1.165) is 0 Å². The Morgan fingerprint density at radius 2 is 0.667 bits per heavy atom. The molecule has 0 saturated heterocycles. The highest BCUT2D eigenvalue weighted by Crippen LogP contribution is 2.40. The summed E-state index contributed by atoms with van der Waals surface area (Å²) in [5.41, 5.74) is 7.38. The van der Waals surface area contributed by atoms with E-state index in [0.29, 0.717) is 0 Å². The van der Waals surface area contributed by atoms with E-state index in [1.54, 1.807) is 0 Å². The van der Waals surface area contributed by atoms with Crippen LogP contribution in [0.1, 0.15) is 0 Å². The molecular formula is C36H22N2S. The number of para-hydroxylation sites is 4. The Kier molecular flexibility index (Phi) is 4.24. The molecule has 39 heavy (non-hydrogen) atoms. The molecule has 0 unspecified atom stereocenters. The van der Waals surface area contributed by atoms with Crippen LogP contribution in [0.15, 0.2) is 133 Å². The van der Waals surface area contributed by atoms with E-state index in [9.17, 15) is 0 Å². The van der Waals surface area contributed by atoms with E-state index in [2.05, 4.69) is 143 Å². The van der Waals surface area contributed by atoms with Gasteiger partial charge < -0.3 is 9.13 Å². The summed E-state index contributed by atoms with van der Waals surface area (Å²) in [6.45, 7) is 0. The molecule has 3 aromatic heterocycles. The maximum atomic E-state index is 2.40. The maximum absolute atomic E-state index is 2.40. The molecule has 9 aromatic rings. The third kappa shape index (κ3) is 2.91. The molecule has 182 valence electrons. The Balaban J connectivity index is 1.27. The first kappa shape index (κ1) is 21.1.